The van der Waals surface area contributed by atoms with Crippen molar-refractivity contribution in [1.82, 2.24) is 9.97 Å². The van der Waals surface area contributed by atoms with Crippen molar-refractivity contribution in [2.24, 2.45) is 11.3 Å². The first kappa shape index (κ1) is 22.6. The van der Waals surface area contributed by atoms with Gasteiger partial charge in [-0.05, 0) is 61.1 Å². The summed E-state index contributed by atoms with van der Waals surface area (Å²) in [6.07, 6.45) is 10.9. The first-order valence-electron chi connectivity index (χ1n) is 10.7. The molecule has 1 aliphatic rings. The number of terminal acetylenes is 1. The molecule has 1 heterocycles. The van der Waals surface area contributed by atoms with Crippen molar-refractivity contribution in [2.75, 3.05) is 19.0 Å². The van der Waals surface area contributed by atoms with Crippen LogP contribution in [-0.4, -0.2) is 34.8 Å². The van der Waals surface area contributed by atoms with Gasteiger partial charge in [0.2, 0.25) is 5.95 Å². The molecule has 6 heteroatoms. The van der Waals surface area contributed by atoms with Crippen molar-refractivity contribution in [3.63, 3.8) is 0 Å². The first-order chi connectivity index (χ1) is 14.9. The number of hydrogen-bond donors (Lipinski definition) is 2. The van der Waals surface area contributed by atoms with Crippen LogP contribution in [0.2, 0.25) is 0 Å². The van der Waals surface area contributed by atoms with Gasteiger partial charge in [-0.25, -0.2) is 9.97 Å². The molecule has 2 aromatic rings. The van der Waals surface area contributed by atoms with E-state index in [1.54, 1.807) is 13.3 Å². The Morgan fingerprint density at radius 1 is 1.32 bits per heavy atom. The monoisotopic (exact) mass is 418 g/mol. The van der Waals surface area contributed by atoms with Crippen LogP contribution in [0.25, 0.3) is 0 Å². The van der Waals surface area contributed by atoms with Crippen molar-refractivity contribution in [3.8, 4) is 24.2 Å². The molecule has 3 rings (SSSR count). The molecule has 162 valence electrons. The Labute approximate surface area is 184 Å². The van der Waals surface area contributed by atoms with E-state index in [2.05, 4.69) is 41.1 Å². The van der Waals surface area contributed by atoms with Gasteiger partial charge in [-0.2, -0.15) is 5.26 Å². The Hall–Kier alpha value is -3.09. The summed E-state index contributed by atoms with van der Waals surface area (Å²) in [5, 5.41) is 23.0. The van der Waals surface area contributed by atoms with Crippen LogP contribution in [-0.2, 0) is 12.8 Å². The average molecular weight is 419 g/mol. The van der Waals surface area contributed by atoms with Crippen LogP contribution < -0.4 is 10.1 Å². The van der Waals surface area contributed by atoms with Crippen molar-refractivity contribution < 1.29 is 9.84 Å². The maximum absolute atomic E-state index is 10.2. The third-order valence-corrected chi connectivity index (χ3v) is 6.15. The van der Waals surface area contributed by atoms with Gasteiger partial charge >= 0.3 is 0 Å². The number of benzene rings is 1. The zero-order valence-electron chi connectivity index (χ0n) is 18.5. The van der Waals surface area contributed by atoms with E-state index in [0.29, 0.717) is 29.7 Å². The number of ether oxygens (including phenoxy) is 1. The minimum Gasteiger partial charge on any atom is -0.495 e. The Morgan fingerprint density at radius 3 is 2.81 bits per heavy atom. The molecule has 0 spiro atoms. The second-order valence-corrected chi connectivity index (χ2v) is 8.88. The van der Waals surface area contributed by atoms with E-state index in [4.69, 9.17) is 11.2 Å². The number of hydrogen-bond acceptors (Lipinski definition) is 6. The summed E-state index contributed by atoms with van der Waals surface area (Å²) >= 11 is 0. The lowest BCUT2D eigenvalue weighted by atomic mass is 9.69. The number of aliphatic hydroxyl groups excluding tert-OH is 1. The van der Waals surface area contributed by atoms with Crippen molar-refractivity contribution in [2.45, 2.75) is 52.1 Å². The molecule has 31 heavy (non-hydrogen) atoms. The summed E-state index contributed by atoms with van der Waals surface area (Å²) in [4.78, 5) is 8.94. The second-order valence-electron chi connectivity index (χ2n) is 8.88. The maximum atomic E-state index is 10.2. The van der Waals surface area contributed by atoms with Gasteiger partial charge in [0.25, 0.3) is 0 Å². The largest absolute Gasteiger partial charge is 0.495 e. The molecular formula is C25H30N4O2. The predicted octanol–water partition coefficient (Wildman–Crippen LogP) is 3.72. The highest BCUT2D eigenvalue weighted by Gasteiger charge is 2.35. The normalized spacial score (nSPS) is 19.8. The van der Waals surface area contributed by atoms with Crippen LogP contribution in [0, 0.1) is 35.0 Å². The second kappa shape index (κ2) is 9.81. The van der Waals surface area contributed by atoms with Crippen LogP contribution in [0.3, 0.4) is 0 Å². The SMILES string of the molecule is C#Cc1ccc(CCNc2ncc(C#N)c(C[C@@H]3CC[C@H](O)C(C)(C)C3)n2)cc1OC. The standard InChI is InChI=1S/C25H30N4O2/c1-5-19-8-6-17(13-22(19)31-4)10-11-27-24-28-16-20(15-26)21(29-24)12-18-7-9-23(30)25(2,3)14-18/h1,6,8,13,16,18,23,30H,7,9-12,14H2,2-4H3,(H,27,28,29)/t18-,23-/m0/s1. The number of nitrogens with zero attached hydrogens (tertiary/aromatic N) is 3. The van der Waals surface area contributed by atoms with Gasteiger partial charge in [-0.15, -0.1) is 6.42 Å². The minimum atomic E-state index is -0.268. The number of methoxy groups -OCH3 is 1. The van der Waals surface area contributed by atoms with Crippen LogP contribution in [0.1, 0.15) is 55.5 Å². The minimum absolute atomic E-state index is 0.111. The Morgan fingerprint density at radius 2 is 2.13 bits per heavy atom. The molecule has 0 aliphatic heterocycles. The molecule has 0 saturated heterocycles. The predicted molar refractivity (Wildman–Crippen MR) is 121 cm³/mol. The molecule has 1 aliphatic carbocycles. The van der Waals surface area contributed by atoms with E-state index < -0.39 is 0 Å². The van der Waals surface area contributed by atoms with E-state index in [1.165, 1.54) is 0 Å². The number of rotatable bonds is 7. The molecule has 0 bridgehead atoms. The highest BCUT2D eigenvalue weighted by molar-refractivity contribution is 5.47. The lowest BCUT2D eigenvalue weighted by molar-refractivity contribution is -0.00748. The molecule has 2 atom stereocenters. The third kappa shape index (κ3) is 5.54. The summed E-state index contributed by atoms with van der Waals surface area (Å²) in [5.41, 5.74) is 3.01. The highest BCUT2D eigenvalue weighted by Crippen LogP contribution is 2.40. The molecule has 0 unspecified atom stereocenters. The number of nitrogens with one attached hydrogen (secondary N) is 1. The quantitative estimate of drug-likeness (QED) is 0.666. The molecule has 0 radical (unpaired) electrons. The summed E-state index contributed by atoms with van der Waals surface area (Å²) in [7, 11) is 1.61. The molecule has 0 amide bonds. The van der Waals surface area contributed by atoms with Crippen LogP contribution in [0.5, 0.6) is 5.75 Å². The van der Waals surface area contributed by atoms with E-state index in [9.17, 15) is 10.4 Å². The summed E-state index contributed by atoms with van der Waals surface area (Å²) in [5.74, 6) is 4.23. The number of aliphatic hydroxyl groups is 1. The Kier molecular flexibility index (Phi) is 7.15. The van der Waals surface area contributed by atoms with E-state index in [0.717, 1.165) is 48.9 Å². The van der Waals surface area contributed by atoms with Gasteiger partial charge in [0, 0.05) is 6.54 Å². The van der Waals surface area contributed by atoms with Gasteiger partial charge in [-0.3, -0.25) is 0 Å². The Balaban J connectivity index is 1.64. The summed E-state index contributed by atoms with van der Waals surface area (Å²) < 4.78 is 5.34. The van der Waals surface area contributed by atoms with Crippen molar-refractivity contribution in [3.05, 3.63) is 46.8 Å². The first-order valence-corrected chi connectivity index (χ1v) is 10.7. The number of anilines is 1. The van der Waals surface area contributed by atoms with Crippen LogP contribution in [0.15, 0.2) is 24.4 Å². The maximum Gasteiger partial charge on any atom is 0.222 e. The van der Waals surface area contributed by atoms with E-state index in [-0.39, 0.29) is 11.5 Å². The smallest absolute Gasteiger partial charge is 0.222 e. The van der Waals surface area contributed by atoms with Crippen molar-refractivity contribution in [1.29, 1.82) is 5.26 Å². The molecule has 1 fully saturated rings. The lowest BCUT2D eigenvalue weighted by Crippen LogP contribution is -2.37. The van der Waals surface area contributed by atoms with Gasteiger partial charge in [0.05, 0.1) is 36.2 Å². The summed E-state index contributed by atoms with van der Waals surface area (Å²) in [6.45, 7) is 4.85. The average Bonchev–Trinajstić information content (AvgIpc) is 2.76. The molecule has 1 saturated carbocycles. The molecular weight excluding hydrogens is 388 g/mol. The molecule has 6 nitrogen and oxygen atoms in total. The van der Waals surface area contributed by atoms with Gasteiger partial charge in [0.15, 0.2) is 0 Å². The van der Waals surface area contributed by atoms with E-state index in [1.807, 2.05) is 18.2 Å². The number of nitriles is 1. The fraction of sp³-hybridized carbons (Fsp3) is 0.480. The van der Waals surface area contributed by atoms with Crippen molar-refractivity contribution >= 4 is 5.95 Å². The van der Waals surface area contributed by atoms with Gasteiger partial charge in [0.1, 0.15) is 11.8 Å². The molecule has 2 N–H and O–H groups in total. The van der Waals surface area contributed by atoms with E-state index >= 15 is 0 Å². The highest BCUT2D eigenvalue weighted by atomic mass is 16.5. The fourth-order valence-corrected chi connectivity index (χ4v) is 4.29. The Bertz CT molecular complexity index is 1000. The zero-order valence-corrected chi connectivity index (χ0v) is 18.5. The molecule has 1 aromatic heterocycles. The van der Waals surface area contributed by atoms with Crippen LogP contribution in [0.4, 0.5) is 5.95 Å². The fourth-order valence-electron chi connectivity index (χ4n) is 4.29. The third-order valence-electron chi connectivity index (χ3n) is 6.15. The van der Waals surface area contributed by atoms with Crippen LogP contribution >= 0.6 is 0 Å². The number of aromatic nitrogens is 2. The van der Waals surface area contributed by atoms with Gasteiger partial charge in [-0.1, -0.05) is 25.8 Å². The zero-order chi connectivity index (χ0) is 22.4. The summed E-state index contributed by atoms with van der Waals surface area (Å²) in [6, 6.07) is 8.03. The topological polar surface area (TPSA) is 91.1 Å². The van der Waals surface area contributed by atoms with Gasteiger partial charge < -0.3 is 15.2 Å². The lowest BCUT2D eigenvalue weighted by Gasteiger charge is -2.39. The molecule has 1 aromatic carbocycles.